The zero-order chi connectivity index (χ0) is 22.7. The van der Waals surface area contributed by atoms with Crippen molar-refractivity contribution < 1.29 is 22.7 Å². The van der Waals surface area contributed by atoms with Crippen LogP contribution in [0.15, 0.2) is 23.1 Å². The van der Waals surface area contributed by atoms with Gasteiger partial charge in [-0.1, -0.05) is 38.2 Å². The van der Waals surface area contributed by atoms with Gasteiger partial charge in [-0.05, 0) is 62.8 Å². The van der Waals surface area contributed by atoms with Gasteiger partial charge in [0.25, 0.3) is 5.91 Å². The number of nitrogens with zero attached hydrogens (tertiary/aromatic N) is 1. The van der Waals surface area contributed by atoms with Crippen molar-refractivity contribution >= 4 is 21.7 Å². The molecule has 3 rings (SSSR count). The third-order valence-electron chi connectivity index (χ3n) is 6.72. The zero-order valence-electron chi connectivity index (χ0n) is 18.2. The second-order valence-corrected chi connectivity index (χ2v) is 11.1. The number of sulfone groups is 1. The molecule has 2 aliphatic rings. The van der Waals surface area contributed by atoms with Gasteiger partial charge in [-0.3, -0.25) is 9.59 Å². The van der Waals surface area contributed by atoms with E-state index in [4.69, 9.17) is 4.74 Å². The first-order valence-electron chi connectivity index (χ1n) is 10.9. The van der Waals surface area contributed by atoms with Gasteiger partial charge < -0.3 is 10.1 Å². The summed E-state index contributed by atoms with van der Waals surface area (Å²) in [7, 11) is -3.99. The van der Waals surface area contributed by atoms with E-state index in [1.807, 2.05) is 13.8 Å². The van der Waals surface area contributed by atoms with E-state index in [0.717, 1.165) is 30.4 Å². The Kier molecular flexibility index (Phi) is 6.75. The van der Waals surface area contributed by atoms with E-state index < -0.39 is 38.6 Å². The number of esters is 1. The van der Waals surface area contributed by atoms with Crippen molar-refractivity contribution in [3.05, 3.63) is 29.3 Å². The number of rotatable bonds is 6. The number of carbonyl (C=O) groups is 2. The molecule has 0 radical (unpaired) electrons. The van der Waals surface area contributed by atoms with Gasteiger partial charge in [0.15, 0.2) is 21.2 Å². The third-order valence-corrected chi connectivity index (χ3v) is 9.20. The van der Waals surface area contributed by atoms with Crippen LogP contribution < -0.4 is 5.32 Å². The van der Waals surface area contributed by atoms with Gasteiger partial charge in [0.2, 0.25) is 0 Å². The average molecular weight is 447 g/mol. The lowest BCUT2D eigenvalue weighted by molar-refractivity contribution is -0.151. The summed E-state index contributed by atoms with van der Waals surface area (Å²) >= 11 is 0. The molecular weight excluding hydrogens is 416 g/mol. The maximum absolute atomic E-state index is 13.5. The topological polar surface area (TPSA) is 113 Å². The van der Waals surface area contributed by atoms with Crippen molar-refractivity contribution in [2.75, 3.05) is 6.61 Å². The molecule has 8 heteroatoms. The van der Waals surface area contributed by atoms with Crippen LogP contribution in [-0.4, -0.2) is 37.2 Å². The molecule has 0 aromatic heterocycles. The molecule has 168 valence electrons. The number of hydrogen-bond acceptors (Lipinski definition) is 6. The van der Waals surface area contributed by atoms with E-state index in [0.29, 0.717) is 25.7 Å². The third kappa shape index (κ3) is 4.47. The summed E-state index contributed by atoms with van der Waals surface area (Å²) in [6.45, 7) is 3.13. The monoisotopic (exact) mass is 446 g/mol. The zero-order valence-corrected chi connectivity index (χ0v) is 19.0. The maximum atomic E-state index is 13.5. The molecule has 0 atom stereocenters. The van der Waals surface area contributed by atoms with Crippen molar-refractivity contribution in [2.24, 2.45) is 0 Å². The van der Waals surface area contributed by atoms with Crippen LogP contribution in [0.25, 0.3) is 0 Å². The Hall–Kier alpha value is -2.40. The molecule has 1 N–H and O–H groups in total. The number of benzene rings is 1. The Morgan fingerprint density at radius 2 is 1.65 bits per heavy atom. The SMILES string of the molecule is Cc1ccc(S(=O)(=O)C2(C(=O)OCC(=O)NC3(C#N)CCCCC3)CCCC2)cc1C. The fourth-order valence-corrected chi connectivity index (χ4v) is 6.76. The average Bonchev–Trinajstić information content (AvgIpc) is 3.26. The molecule has 2 saturated carbocycles. The predicted octanol–water partition coefficient (Wildman–Crippen LogP) is 3.28. The highest BCUT2D eigenvalue weighted by Gasteiger charge is 2.54. The minimum atomic E-state index is -3.99. The van der Waals surface area contributed by atoms with Crippen LogP contribution in [-0.2, 0) is 24.2 Å². The van der Waals surface area contributed by atoms with E-state index in [9.17, 15) is 23.3 Å². The largest absolute Gasteiger partial charge is 0.454 e. The lowest BCUT2D eigenvalue weighted by Crippen LogP contribution is -2.51. The summed E-state index contributed by atoms with van der Waals surface area (Å²) in [5.74, 6) is -1.46. The molecule has 0 aliphatic heterocycles. The van der Waals surface area contributed by atoms with Gasteiger partial charge in [-0.2, -0.15) is 5.26 Å². The molecule has 1 aromatic rings. The van der Waals surface area contributed by atoms with Gasteiger partial charge >= 0.3 is 5.97 Å². The standard InChI is InChI=1S/C23H30N2O5S/c1-17-8-9-19(14-18(17)2)31(28,29)23(12-6-7-13-23)21(27)30-15-20(26)25-22(16-24)10-4-3-5-11-22/h8-9,14H,3-7,10-13,15H2,1-2H3,(H,25,26). The molecule has 7 nitrogen and oxygen atoms in total. The van der Waals surface area contributed by atoms with E-state index in [1.165, 1.54) is 6.07 Å². The van der Waals surface area contributed by atoms with E-state index >= 15 is 0 Å². The molecule has 0 heterocycles. The maximum Gasteiger partial charge on any atom is 0.328 e. The number of carbonyl (C=O) groups excluding carboxylic acids is 2. The molecule has 31 heavy (non-hydrogen) atoms. The van der Waals surface area contributed by atoms with Crippen LogP contribution in [0, 0.1) is 25.2 Å². The molecule has 2 aliphatic carbocycles. The number of ether oxygens (including phenoxy) is 1. The lowest BCUT2D eigenvalue weighted by Gasteiger charge is -2.31. The number of nitriles is 1. The molecule has 0 bridgehead atoms. The van der Waals surface area contributed by atoms with Gasteiger partial charge in [-0.15, -0.1) is 0 Å². The summed E-state index contributed by atoms with van der Waals surface area (Å²) < 4.78 is 30.5. The second kappa shape index (κ2) is 8.99. The highest BCUT2D eigenvalue weighted by atomic mass is 32.2. The molecule has 0 saturated heterocycles. The molecule has 1 aromatic carbocycles. The lowest BCUT2D eigenvalue weighted by atomic mass is 9.83. The molecule has 2 fully saturated rings. The van der Waals surface area contributed by atoms with Crippen LogP contribution in [0.5, 0.6) is 0 Å². The van der Waals surface area contributed by atoms with Crippen LogP contribution in [0.1, 0.15) is 68.9 Å². The van der Waals surface area contributed by atoms with Gasteiger partial charge in [0, 0.05) is 0 Å². The molecule has 0 spiro atoms. The van der Waals surface area contributed by atoms with E-state index in [2.05, 4.69) is 11.4 Å². The summed E-state index contributed by atoms with van der Waals surface area (Å²) in [6.07, 6.45) is 5.40. The van der Waals surface area contributed by atoms with Crippen LogP contribution in [0.3, 0.4) is 0 Å². The van der Waals surface area contributed by atoms with E-state index in [1.54, 1.807) is 12.1 Å². The fraction of sp³-hybridized carbons (Fsp3) is 0.609. The molecular formula is C23H30N2O5S. The minimum Gasteiger partial charge on any atom is -0.454 e. The van der Waals surface area contributed by atoms with Crippen molar-refractivity contribution in [3.8, 4) is 6.07 Å². The van der Waals surface area contributed by atoms with Crippen LogP contribution in [0.2, 0.25) is 0 Å². The Morgan fingerprint density at radius 1 is 1.03 bits per heavy atom. The molecule has 0 unspecified atom stereocenters. The van der Waals surface area contributed by atoms with Crippen molar-refractivity contribution in [3.63, 3.8) is 0 Å². The number of hydrogen-bond donors (Lipinski definition) is 1. The van der Waals surface area contributed by atoms with Crippen molar-refractivity contribution in [1.29, 1.82) is 5.26 Å². The highest BCUT2D eigenvalue weighted by Crippen LogP contribution is 2.42. The van der Waals surface area contributed by atoms with Gasteiger partial charge in [0.05, 0.1) is 11.0 Å². The molecule has 1 amide bonds. The van der Waals surface area contributed by atoms with Crippen molar-refractivity contribution in [1.82, 2.24) is 5.32 Å². The number of amides is 1. The summed E-state index contributed by atoms with van der Waals surface area (Å²) in [5.41, 5.74) is 0.863. The summed E-state index contributed by atoms with van der Waals surface area (Å²) in [5, 5.41) is 12.2. The van der Waals surface area contributed by atoms with E-state index in [-0.39, 0.29) is 17.7 Å². The van der Waals surface area contributed by atoms with Crippen LogP contribution in [0.4, 0.5) is 0 Å². The van der Waals surface area contributed by atoms with Gasteiger partial charge in [0.1, 0.15) is 5.54 Å². The Balaban J connectivity index is 1.75. The second-order valence-electron chi connectivity index (χ2n) is 8.83. The quantitative estimate of drug-likeness (QED) is 0.671. The number of nitrogens with one attached hydrogen (secondary N) is 1. The van der Waals surface area contributed by atoms with Crippen LogP contribution >= 0.6 is 0 Å². The Bertz CT molecular complexity index is 997. The highest BCUT2D eigenvalue weighted by molar-refractivity contribution is 7.93. The summed E-state index contributed by atoms with van der Waals surface area (Å²) in [6, 6.07) is 7.03. The predicted molar refractivity (Wildman–Crippen MR) is 115 cm³/mol. The van der Waals surface area contributed by atoms with Crippen molar-refractivity contribution in [2.45, 2.75) is 86.8 Å². The Morgan fingerprint density at radius 3 is 2.23 bits per heavy atom. The normalized spacial score (nSPS) is 19.9. The first-order valence-corrected chi connectivity index (χ1v) is 12.4. The smallest absolute Gasteiger partial charge is 0.328 e. The minimum absolute atomic E-state index is 0.101. The summed E-state index contributed by atoms with van der Waals surface area (Å²) in [4.78, 5) is 25.6. The Labute approximate surface area is 184 Å². The first-order chi connectivity index (χ1) is 14.7. The first kappa shape index (κ1) is 23.3. The number of aryl methyl sites for hydroxylation is 2. The van der Waals surface area contributed by atoms with Gasteiger partial charge in [-0.25, -0.2) is 8.42 Å². The fourth-order valence-electron chi connectivity index (χ4n) is 4.62.